The summed E-state index contributed by atoms with van der Waals surface area (Å²) < 4.78 is 0. The number of hydrogen-bond acceptors (Lipinski definition) is 2. The molecule has 0 aliphatic carbocycles. The van der Waals surface area contributed by atoms with Crippen molar-refractivity contribution in [3.8, 4) is 0 Å². The average molecular weight is 243 g/mol. The van der Waals surface area contributed by atoms with Gasteiger partial charge in [-0.25, -0.2) is 9.59 Å². The molecule has 0 saturated heterocycles. The van der Waals surface area contributed by atoms with Crippen LogP contribution in [0.2, 0.25) is 0 Å². The predicted octanol–water partition coefficient (Wildman–Crippen LogP) is 1.93. The highest BCUT2D eigenvalue weighted by Gasteiger charge is 2.50. The molecule has 0 aliphatic heterocycles. The van der Waals surface area contributed by atoms with Gasteiger partial charge in [0.2, 0.25) is 0 Å². The Kier molecular flexibility index (Phi) is 5.23. The van der Waals surface area contributed by atoms with Crippen molar-refractivity contribution in [1.82, 2.24) is 0 Å². The van der Waals surface area contributed by atoms with Gasteiger partial charge < -0.3 is 10.2 Å². The number of rotatable bonds is 6. The summed E-state index contributed by atoms with van der Waals surface area (Å²) in [5.74, 6) is -3.24. The van der Waals surface area contributed by atoms with Crippen LogP contribution in [0.1, 0.15) is 26.2 Å². The highest BCUT2D eigenvalue weighted by atomic mass is 35.5. The lowest BCUT2D eigenvalue weighted by atomic mass is 10.00. The molecule has 0 spiro atoms. The number of unbranched alkanes of at least 4 members (excludes halogenated alkanes) is 1. The van der Waals surface area contributed by atoms with Crippen molar-refractivity contribution in [1.29, 1.82) is 0 Å². The Hall–Kier alpha value is -0.480. The zero-order valence-corrected chi connectivity index (χ0v) is 9.18. The molecule has 0 saturated carbocycles. The summed E-state index contributed by atoms with van der Waals surface area (Å²) in [6.07, 6.45) is 1.71. The van der Waals surface area contributed by atoms with Gasteiger partial charge in [0.15, 0.2) is 0 Å². The fourth-order valence-electron chi connectivity index (χ4n) is 0.942. The van der Waals surface area contributed by atoms with Crippen molar-refractivity contribution in [3.05, 3.63) is 0 Å². The van der Waals surface area contributed by atoms with Crippen molar-refractivity contribution in [2.45, 2.75) is 36.4 Å². The topological polar surface area (TPSA) is 74.6 Å². The Balaban J connectivity index is 4.65. The largest absolute Gasteiger partial charge is 0.479 e. The van der Waals surface area contributed by atoms with Gasteiger partial charge in [-0.3, -0.25) is 0 Å². The lowest BCUT2D eigenvalue weighted by molar-refractivity contribution is -0.152. The summed E-state index contributed by atoms with van der Waals surface area (Å²) in [7, 11) is 0. The van der Waals surface area contributed by atoms with Crippen LogP contribution >= 0.6 is 23.2 Å². The molecule has 1 unspecified atom stereocenters. The molecule has 0 fully saturated rings. The number of aliphatic carboxylic acids is 2. The molecule has 0 aromatic heterocycles. The van der Waals surface area contributed by atoms with E-state index < -0.39 is 22.2 Å². The van der Waals surface area contributed by atoms with E-state index in [2.05, 4.69) is 0 Å². The Morgan fingerprint density at radius 2 is 1.79 bits per heavy atom. The summed E-state index contributed by atoms with van der Waals surface area (Å²) in [6.45, 7) is 1.89. The van der Waals surface area contributed by atoms with Crippen LogP contribution in [0, 0.1) is 0 Å². The van der Waals surface area contributed by atoms with Crippen molar-refractivity contribution >= 4 is 35.1 Å². The zero-order valence-electron chi connectivity index (χ0n) is 7.67. The maximum atomic E-state index is 10.7. The van der Waals surface area contributed by atoms with Crippen molar-refractivity contribution < 1.29 is 19.8 Å². The molecule has 14 heavy (non-hydrogen) atoms. The lowest BCUT2D eigenvalue weighted by Gasteiger charge is -2.22. The summed E-state index contributed by atoms with van der Waals surface area (Å²) in [6, 6.07) is 0. The van der Waals surface area contributed by atoms with Gasteiger partial charge in [-0.15, -0.1) is 11.6 Å². The molecule has 0 rings (SSSR count). The minimum atomic E-state index is -2.42. The van der Waals surface area contributed by atoms with Crippen LogP contribution in [0.5, 0.6) is 0 Å². The first kappa shape index (κ1) is 13.5. The summed E-state index contributed by atoms with van der Waals surface area (Å²) >= 11 is 11.1. The zero-order chi connectivity index (χ0) is 11.4. The van der Waals surface area contributed by atoms with Gasteiger partial charge in [0.25, 0.3) is 4.87 Å². The average Bonchev–Trinajstić information content (AvgIpc) is 2.11. The Bertz CT molecular complexity index is 215. The van der Waals surface area contributed by atoms with E-state index in [1.807, 2.05) is 6.92 Å². The second-order valence-electron chi connectivity index (χ2n) is 2.93. The Labute approximate surface area is 91.8 Å². The van der Waals surface area contributed by atoms with Gasteiger partial charge in [0.05, 0.1) is 5.38 Å². The molecule has 2 N–H and O–H groups in total. The molecule has 0 heterocycles. The molecule has 0 aromatic rings. The molecule has 0 bridgehead atoms. The smallest absolute Gasteiger partial charge is 0.338 e. The summed E-state index contributed by atoms with van der Waals surface area (Å²) in [5, 5.41) is 16.2. The highest BCUT2D eigenvalue weighted by Crippen LogP contribution is 2.29. The second-order valence-corrected chi connectivity index (χ2v) is 4.05. The van der Waals surface area contributed by atoms with Gasteiger partial charge in [-0.05, 0) is 6.42 Å². The van der Waals surface area contributed by atoms with E-state index in [0.717, 1.165) is 6.42 Å². The van der Waals surface area contributed by atoms with E-state index in [-0.39, 0.29) is 6.42 Å². The number of carbonyl (C=O) groups is 2. The maximum absolute atomic E-state index is 10.7. The quantitative estimate of drug-likeness (QED) is 0.552. The number of carboxylic acids is 2. The molecule has 4 nitrogen and oxygen atoms in total. The molecule has 0 amide bonds. The Morgan fingerprint density at radius 1 is 1.36 bits per heavy atom. The van der Waals surface area contributed by atoms with E-state index in [1.165, 1.54) is 0 Å². The first-order chi connectivity index (χ1) is 6.37. The predicted molar refractivity (Wildman–Crippen MR) is 53.0 cm³/mol. The van der Waals surface area contributed by atoms with E-state index in [4.69, 9.17) is 33.4 Å². The van der Waals surface area contributed by atoms with Crippen molar-refractivity contribution in [3.63, 3.8) is 0 Å². The molecule has 82 valence electrons. The second kappa shape index (κ2) is 5.41. The molecule has 1 atom stereocenters. The van der Waals surface area contributed by atoms with Crippen LogP contribution in [-0.2, 0) is 9.59 Å². The van der Waals surface area contributed by atoms with Gasteiger partial charge in [-0.2, -0.15) is 0 Å². The standard InChI is InChI=1S/C8H12Cl2O4/c1-2-3-4-5(9)8(10,6(11)12)7(13)14/h5H,2-4H2,1H3,(H,11,12)(H,13,14). The third kappa shape index (κ3) is 2.75. The number of carboxylic acid groups (broad SMARTS) is 2. The van der Waals surface area contributed by atoms with E-state index in [1.54, 1.807) is 0 Å². The van der Waals surface area contributed by atoms with Gasteiger partial charge >= 0.3 is 11.9 Å². The third-order valence-electron chi connectivity index (χ3n) is 1.87. The van der Waals surface area contributed by atoms with Crippen molar-refractivity contribution in [2.24, 2.45) is 0 Å². The first-order valence-corrected chi connectivity index (χ1v) is 4.98. The van der Waals surface area contributed by atoms with E-state index in [0.29, 0.717) is 6.42 Å². The summed E-state index contributed by atoms with van der Waals surface area (Å²) in [4.78, 5) is 18.9. The molecular formula is C8H12Cl2O4. The molecule has 0 radical (unpaired) electrons. The van der Waals surface area contributed by atoms with Crippen LogP contribution in [0.3, 0.4) is 0 Å². The van der Waals surface area contributed by atoms with Gasteiger partial charge in [0, 0.05) is 0 Å². The highest BCUT2D eigenvalue weighted by molar-refractivity contribution is 6.49. The minimum absolute atomic E-state index is 0.264. The van der Waals surface area contributed by atoms with E-state index >= 15 is 0 Å². The third-order valence-corrected chi connectivity index (χ3v) is 3.11. The fraction of sp³-hybridized carbons (Fsp3) is 0.750. The minimum Gasteiger partial charge on any atom is -0.479 e. The van der Waals surface area contributed by atoms with Crippen LogP contribution in [0.4, 0.5) is 0 Å². The van der Waals surface area contributed by atoms with Crippen LogP contribution in [0.25, 0.3) is 0 Å². The molecule has 0 aliphatic rings. The monoisotopic (exact) mass is 242 g/mol. The van der Waals surface area contributed by atoms with Gasteiger partial charge in [-0.1, -0.05) is 31.4 Å². The number of alkyl halides is 2. The molecule has 0 aromatic carbocycles. The number of hydrogen-bond donors (Lipinski definition) is 2. The fourth-order valence-corrected chi connectivity index (χ4v) is 1.39. The SMILES string of the molecule is CCCCC(Cl)C(Cl)(C(=O)O)C(=O)O. The van der Waals surface area contributed by atoms with Crippen LogP contribution in [0.15, 0.2) is 0 Å². The van der Waals surface area contributed by atoms with Crippen molar-refractivity contribution in [2.75, 3.05) is 0 Å². The Morgan fingerprint density at radius 3 is 2.07 bits per heavy atom. The van der Waals surface area contributed by atoms with Crippen LogP contribution < -0.4 is 0 Å². The molecule has 6 heteroatoms. The summed E-state index contributed by atoms with van der Waals surface area (Å²) in [5.41, 5.74) is 0. The first-order valence-electron chi connectivity index (χ1n) is 4.17. The normalized spacial score (nSPS) is 13.6. The maximum Gasteiger partial charge on any atom is 0.338 e. The van der Waals surface area contributed by atoms with Gasteiger partial charge in [0.1, 0.15) is 0 Å². The van der Waals surface area contributed by atoms with E-state index in [9.17, 15) is 9.59 Å². The number of halogens is 2. The lowest BCUT2D eigenvalue weighted by Crippen LogP contribution is -2.48. The van der Waals surface area contributed by atoms with Crippen LogP contribution in [-0.4, -0.2) is 32.4 Å². The molecular weight excluding hydrogens is 231 g/mol.